The van der Waals surface area contributed by atoms with Gasteiger partial charge in [-0.05, 0) is 61.9 Å². The first-order valence-corrected chi connectivity index (χ1v) is 9.77. The number of hydrogen-bond acceptors (Lipinski definition) is 4. The fraction of sp³-hybridized carbons (Fsp3) is 0.263. The second-order valence-corrected chi connectivity index (χ2v) is 9.26. The third-order valence-corrected chi connectivity index (χ3v) is 6.49. The summed E-state index contributed by atoms with van der Waals surface area (Å²) in [7, 11) is -0.642. The molecule has 142 valence electrons. The van der Waals surface area contributed by atoms with Gasteiger partial charge >= 0.3 is 0 Å². The molecule has 0 atom stereocenters. The topological polar surface area (TPSA) is 95.6 Å². The maximum Gasteiger partial charge on any atom is 0.255 e. The smallest absolute Gasteiger partial charge is 0.255 e. The van der Waals surface area contributed by atoms with E-state index in [1.165, 1.54) is 38.4 Å². The zero-order chi connectivity index (χ0) is 20.0. The molecule has 8 heteroatoms. The van der Waals surface area contributed by atoms with Gasteiger partial charge in [0.15, 0.2) is 0 Å². The number of benzene rings is 2. The maximum atomic E-state index is 12.5. The van der Waals surface area contributed by atoms with Gasteiger partial charge in [0.05, 0.1) is 10.3 Å². The Kier molecular flexibility index (Phi) is 4.57. The molecule has 2 N–H and O–H groups in total. The Morgan fingerprint density at radius 2 is 1.70 bits per heavy atom. The Hall–Kier alpha value is -2.71. The van der Waals surface area contributed by atoms with Crippen LogP contribution in [0.2, 0.25) is 0 Å². The van der Waals surface area contributed by atoms with Gasteiger partial charge in [0, 0.05) is 31.0 Å². The summed E-state index contributed by atoms with van der Waals surface area (Å²) in [6, 6.07) is 11.0. The van der Waals surface area contributed by atoms with Crippen molar-refractivity contribution < 1.29 is 18.0 Å². The molecule has 1 aliphatic heterocycles. The SMILES string of the molecule is CN(C)S(=O)(=O)c1ccc(C(=O)Nc2ccc3c(c2)C(C)(C)C(=O)N3)cc1. The summed E-state index contributed by atoms with van der Waals surface area (Å²) in [4.78, 5) is 24.6. The molecular weight excluding hydrogens is 366 g/mol. The summed E-state index contributed by atoms with van der Waals surface area (Å²) in [5.74, 6) is -0.447. The van der Waals surface area contributed by atoms with Crippen molar-refractivity contribution in [3.8, 4) is 0 Å². The Labute approximate surface area is 158 Å². The lowest BCUT2D eigenvalue weighted by molar-refractivity contribution is -0.119. The number of fused-ring (bicyclic) bond motifs is 1. The van der Waals surface area contributed by atoms with Gasteiger partial charge in [0.25, 0.3) is 5.91 Å². The van der Waals surface area contributed by atoms with Crippen molar-refractivity contribution in [2.24, 2.45) is 0 Å². The Morgan fingerprint density at radius 1 is 1.07 bits per heavy atom. The third-order valence-electron chi connectivity index (χ3n) is 4.66. The minimum Gasteiger partial charge on any atom is -0.325 e. The lowest BCUT2D eigenvalue weighted by atomic mass is 9.86. The number of nitrogens with one attached hydrogen (secondary N) is 2. The average Bonchev–Trinajstić information content (AvgIpc) is 2.84. The fourth-order valence-corrected chi connectivity index (χ4v) is 3.74. The van der Waals surface area contributed by atoms with E-state index in [-0.39, 0.29) is 16.7 Å². The molecule has 0 spiro atoms. The normalized spacial score (nSPS) is 15.4. The van der Waals surface area contributed by atoms with Crippen LogP contribution >= 0.6 is 0 Å². The standard InChI is InChI=1S/C19H21N3O4S/c1-19(2)15-11-13(7-10-16(15)21-18(19)24)20-17(23)12-5-8-14(9-6-12)27(25,26)22(3)4/h5-11H,1-4H3,(H,20,23)(H,21,24). The van der Waals surface area contributed by atoms with Crippen LogP contribution in [0, 0.1) is 0 Å². The monoisotopic (exact) mass is 387 g/mol. The van der Waals surface area contributed by atoms with Crippen LogP contribution in [-0.4, -0.2) is 38.6 Å². The van der Waals surface area contributed by atoms with Crippen molar-refractivity contribution in [3.05, 3.63) is 53.6 Å². The van der Waals surface area contributed by atoms with Gasteiger partial charge in [-0.15, -0.1) is 0 Å². The summed E-state index contributed by atoms with van der Waals surface area (Å²) in [5, 5.41) is 5.60. The first-order chi connectivity index (χ1) is 12.5. The minimum atomic E-state index is -3.54. The number of nitrogens with zero attached hydrogens (tertiary/aromatic N) is 1. The number of hydrogen-bond donors (Lipinski definition) is 2. The van der Waals surface area contributed by atoms with E-state index in [0.29, 0.717) is 11.3 Å². The van der Waals surface area contributed by atoms with Gasteiger partial charge in [-0.25, -0.2) is 12.7 Å². The highest BCUT2D eigenvalue weighted by Gasteiger charge is 2.38. The zero-order valence-electron chi connectivity index (χ0n) is 15.5. The highest BCUT2D eigenvalue weighted by Crippen LogP contribution is 2.38. The van der Waals surface area contributed by atoms with Crippen LogP contribution in [-0.2, 0) is 20.2 Å². The molecule has 3 rings (SSSR count). The van der Waals surface area contributed by atoms with E-state index in [1.54, 1.807) is 18.2 Å². The summed E-state index contributed by atoms with van der Waals surface area (Å²) in [6.07, 6.45) is 0. The predicted octanol–water partition coefficient (Wildman–Crippen LogP) is 2.42. The van der Waals surface area contributed by atoms with Gasteiger partial charge in [0.1, 0.15) is 0 Å². The van der Waals surface area contributed by atoms with Crippen molar-refractivity contribution in [2.75, 3.05) is 24.7 Å². The largest absolute Gasteiger partial charge is 0.325 e. The number of amides is 2. The van der Waals surface area contributed by atoms with Crippen molar-refractivity contribution in [3.63, 3.8) is 0 Å². The van der Waals surface area contributed by atoms with Gasteiger partial charge < -0.3 is 10.6 Å². The maximum absolute atomic E-state index is 12.5. The highest BCUT2D eigenvalue weighted by molar-refractivity contribution is 7.89. The first kappa shape index (κ1) is 19.1. The van der Waals surface area contributed by atoms with Gasteiger partial charge in [-0.2, -0.15) is 0 Å². The van der Waals surface area contributed by atoms with E-state index in [4.69, 9.17) is 0 Å². The molecule has 27 heavy (non-hydrogen) atoms. The lowest BCUT2D eigenvalue weighted by Crippen LogP contribution is -2.26. The Bertz CT molecular complexity index is 1030. The van der Waals surface area contributed by atoms with Crippen molar-refractivity contribution in [1.82, 2.24) is 4.31 Å². The second kappa shape index (κ2) is 6.47. The Morgan fingerprint density at radius 3 is 2.30 bits per heavy atom. The van der Waals surface area contributed by atoms with Crippen LogP contribution in [0.3, 0.4) is 0 Å². The van der Waals surface area contributed by atoms with E-state index in [0.717, 1.165) is 15.6 Å². The summed E-state index contributed by atoms with van der Waals surface area (Å²) >= 11 is 0. The quantitative estimate of drug-likeness (QED) is 0.842. The van der Waals surface area contributed by atoms with Crippen LogP contribution in [0.5, 0.6) is 0 Å². The molecule has 1 aliphatic rings. The van der Waals surface area contributed by atoms with Crippen LogP contribution < -0.4 is 10.6 Å². The molecule has 2 amide bonds. The summed E-state index contributed by atoms with van der Waals surface area (Å²) < 4.78 is 25.3. The number of carbonyl (C=O) groups is 2. The van der Waals surface area contributed by atoms with Crippen molar-refractivity contribution in [2.45, 2.75) is 24.2 Å². The van der Waals surface area contributed by atoms with Gasteiger partial charge in [-0.3, -0.25) is 9.59 Å². The number of rotatable bonds is 4. The van der Waals surface area contributed by atoms with Gasteiger partial charge in [-0.1, -0.05) is 0 Å². The third kappa shape index (κ3) is 3.33. The molecule has 0 radical (unpaired) electrons. The molecule has 0 bridgehead atoms. The van der Waals surface area contributed by atoms with Crippen molar-refractivity contribution in [1.29, 1.82) is 0 Å². The minimum absolute atomic E-state index is 0.0846. The predicted molar refractivity (Wildman–Crippen MR) is 103 cm³/mol. The summed E-state index contributed by atoms with van der Waals surface area (Å²) in [5.41, 5.74) is 1.78. The molecule has 0 aliphatic carbocycles. The molecule has 2 aromatic rings. The van der Waals surface area contributed by atoms with Crippen LogP contribution in [0.25, 0.3) is 0 Å². The van der Waals surface area contributed by atoms with E-state index in [9.17, 15) is 18.0 Å². The number of sulfonamides is 1. The molecule has 0 aromatic heterocycles. The molecule has 7 nitrogen and oxygen atoms in total. The van der Waals surface area contributed by atoms with E-state index < -0.39 is 15.4 Å². The molecule has 0 saturated heterocycles. The molecule has 1 heterocycles. The van der Waals surface area contributed by atoms with E-state index >= 15 is 0 Å². The van der Waals surface area contributed by atoms with Crippen LogP contribution in [0.15, 0.2) is 47.4 Å². The Balaban J connectivity index is 1.81. The van der Waals surface area contributed by atoms with Crippen molar-refractivity contribution >= 4 is 33.2 Å². The zero-order valence-corrected chi connectivity index (χ0v) is 16.3. The van der Waals surface area contributed by atoms with E-state index in [2.05, 4.69) is 10.6 Å². The number of anilines is 2. The fourth-order valence-electron chi connectivity index (χ4n) is 2.84. The molecule has 0 unspecified atom stereocenters. The van der Waals surface area contributed by atoms with Crippen LogP contribution in [0.1, 0.15) is 29.8 Å². The summed E-state index contributed by atoms with van der Waals surface area (Å²) in [6.45, 7) is 3.65. The van der Waals surface area contributed by atoms with Gasteiger partial charge in [0.2, 0.25) is 15.9 Å². The average molecular weight is 387 g/mol. The number of carbonyl (C=O) groups excluding carboxylic acids is 2. The molecule has 2 aromatic carbocycles. The second-order valence-electron chi connectivity index (χ2n) is 7.11. The lowest BCUT2D eigenvalue weighted by Gasteiger charge is -2.16. The molecular formula is C19H21N3O4S. The highest BCUT2D eigenvalue weighted by atomic mass is 32.2. The molecule has 0 fully saturated rings. The van der Waals surface area contributed by atoms with Crippen LogP contribution in [0.4, 0.5) is 11.4 Å². The first-order valence-electron chi connectivity index (χ1n) is 8.33. The molecule has 0 saturated carbocycles. The van der Waals surface area contributed by atoms with E-state index in [1.807, 2.05) is 13.8 Å².